The van der Waals surface area contributed by atoms with Crippen molar-refractivity contribution in [2.75, 3.05) is 6.54 Å². The van der Waals surface area contributed by atoms with E-state index in [2.05, 4.69) is 5.32 Å². The van der Waals surface area contributed by atoms with E-state index in [1.165, 1.54) is 0 Å². The first-order valence-corrected chi connectivity index (χ1v) is 5.41. The van der Waals surface area contributed by atoms with Gasteiger partial charge in [0.15, 0.2) is 0 Å². The zero-order valence-corrected chi connectivity index (χ0v) is 9.58. The number of nitrogens with one attached hydrogen (secondary N) is 1. The van der Waals surface area contributed by atoms with Crippen LogP contribution in [0.1, 0.15) is 47.0 Å². The van der Waals surface area contributed by atoms with E-state index in [4.69, 9.17) is 0 Å². The molecule has 1 saturated heterocycles. The Balaban J connectivity index is 0.000000791. The fourth-order valence-corrected chi connectivity index (χ4v) is 1.71. The maximum Gasteiger partial charge on any atom is 0.270 e. The largest absolute Gasteiger partial charge is 0.307 e. The summed E-state index contributed by atoms with van der Waals surface area (Å²) in [5.41, 5.74) is 0.234. The van der Waals surface area contributed by atoms with Gasteiger partial charge in [-0.1, -0.05) is 27.7 Å². The van der Waals surface area contributed by atoms with Crippen molar-refractivity contribution in [3.8, 4) is 0 Å². The summed E-state index contributed by atoms with van der Waals surface area (Å²) in [4.78, 5) is 0. The molecule has 84 valence electrons. The summed E-state index contributed by atoms with van der Waals surface area (Å²) in [5.74, 6) is 0. The summed E-state index contributed by atoms with van der Waals surface area (Å²) in [5, 5.41) is 3.16. The fraction of sp³-hybridized carbons (Fsp3) is 0.818. The average Bonchev–Trinajstić information content (AvgIpc) is 2.66. The van der Waals surface area contributed by atoms with Crippen LogP contribution in [0.2, 0.25) is 0 Å². The summed E-state index contributed by atoms with van der Waals surface area (Å²) < 4.78 is 24.4. The lowest BCUT2D eigenvalue weighted by atomic mass is 9.90. The van der Waals surface area contributed by atoms with E-state index >= 15 is 0 Å². The quantitative estimate of drug-likeness (QED) is 0.724. The van der Waals surface area contributed by atoms with Crippen molar-refractivity contribution in [2.24, 2.45) is 0 Å². The monoisotopic (exact) mass is 205 g/mol. The van der Waals surface area contributed by atoms with Crippen LogP contribution in [-0.4, -0.2) is 12.1 Å². The maximum absolute atomic E-state index is 12.2. The molecule has 0 amide bonds. The molecule has 0 radical (unpaired) electrons. The van der Waals surface area contributed by atoms with Gasteiger partial charge in [0, 0.05) is 17.7 Å². The second-order valence-corrected chi connectivity index (χ2v) is 3.38. The molecule has 0 aromatic heterocycles. The third kappa shape index (κ3) is 3.05. The Kier molecular flexibility index (Phi) is 5.93. The normalized spacial score (nSPS) is 18.9. The van der Waals surface area contributed by atoms with Crippen molar-refractivity contribution in [1.82, 2.24) is 5.32 Å². The molecular formula is C11H21F2N. The molecule has 0 atom stereocenters. The van der Waals surface area contributed by atoms with Crippen molar-refractivity contribution >= 4 is 0 Å². The van der Waals surface area contributed by atoms with E-state index in [0.717, 1.165) is 12.8 Å². The van der Waals surface area contributed by atoms with E-state index < -0.39 is 6.08 Å². The van der Waals surface area contributed by atoms with Crippen LogP contribution in [0.5, 0.6) is 0 Å². The number of hydrogen-bond donors (Lipinski definition) is 1. The molecular weight excluding hydrogens is 184 g/mol. The lowest BCUT2D eigenvalue weighted by Crippen LogP contribution is -2.37. The topological polar surface area (TPSA) is 12.0 Å². The molecule has 1 aliphatic heterocycles. The molecule has 0 aliphatic carbocycles. The van der Waals surface area contributed by atoms with Crippen molar-refractivity contribution in [3.63, 3.8) is 0 Å². The summed E-state index contributed by atoms with van der Waals surface area (Å²) in [6, 6.07) is 0. The van der Waals surface area contributed by atoms with Gasteiger partial charge in [-0.05, 0) is 19.3 Å². The second kappa shape index (κ2) is 6.12. The minimum absolute atomic E-state index is 0.0568. The molecule has 0 bridgehead atoms. The fourth-order valence-electron chi connectivity index (χ4n) is 1.71. The SMILES string of the molecule is CC.CCC1(CC)CC(=C(F)F)CN1. The molecule has 1 heterocycles. The van der Waals surface area contributed by atoms with Crippen molar-refractivity contribution < 1.29 is 8.78 Å². The van der Waals surface area contributed by atoms with Gasteiger partial charge in [0.2, 0.25) is 0 Å². The van der Waals surface area contributed by atoms with Crippen molar-refractivity contribution in [1.29, 1.82) is 0 Å². The maximum atomic E-state index is 12.2. The van der Waals surface area contributed by atoms with Gasteiger partial charge >= 0.3 is 0 Å². The van der Waals surface area contributed by atoms with E-state index in [-0.39, 0.29) is 5.54 Å². The highest BCUT2D eigenvalue weighted by Gasteiger charge is 2.34. The molecule has 1 aliphatic rings. The van der Waals surface area contributed by atoms with Crippen molar-refractivity contribution in [3.05, 3.63) is 11.7 Å². The molecule has 1 fully saturated rings. The van der Waals surface area contributed by atoms with Gasteiger partial charge < -0.3 is 5.32 Å². The van der Waals surface area contributed by atoms with Crippen LogP contribution < -0.4 is 5.32 Å². The summed E-state index contributed by atoms with van der Waals surface area (Å²) in [6.45, 7) is 8.44. The summed E-state index contributed by atoms with van der Waals surface area (Å²) in [7, 11) is 0. The average molecular weight is 205 g/mol. The first kappa shape index (κ1) is 13.6. The number of hydrogen-bond acceptors (Lipinski definition) is 1. The third-order valence-electron chi connectivity index (χ3n) is 2.85. The highest BCUT2D eigenvalue weighted by Crippen LogP contribution is 2.31. The first-order valence-electron chi connectivity index (χ1n) is 5.41. The minimum atomic E-state index is -1.49. The molecule has 1 nitrogen and oxygen atoms in total. The third-order valence-corrected chi connectivity index (χ3v) is 2.85. The van der Waals surface area contributed by atoms with Crippen LogP contribution in [0, 0.1) is 0 Å². The Labute approximate surface area is 85.6 Å². The van der Waals surface area contributed by atoms with Gasteiger partial charge in [-0.2, -0.15) is 8.78 Å². The van der Waals surface area contributed by atoms with Crippen LogP contribution in [-0.2, 0) is 0 Å². The van der Waals surface area contributed by atoms with Crippen LogP contribution in [0.3, 0.4) is 0 Å². The molecule has 0 aromatic rings. The van der Waals surface area contributed by atoms with Gasteiger partial charge in [-0.3, -0.25) is 0 Å². The highest BCUT2D eigenvalue weighted by atomic mass is 19.3. The molecule has 0 saturated carbocycles. The Morgan fingerprint density at radius 3 is 2.00 bits per heavy atom. The van der Waals surface area contributed by atoms with Gasteiger partial charge in [0.05, 0.1) is 0 Å². The van der Waals surface area contributed by atoms with Crippen molar-refractivity contribution in [2.45, 2.75) is 52.5 Å². The highest BCUT2D eigenvalue weighted by molar-refractivity contribution is 5.17. The van der Waals surface area contributed by atoms with Gasteiger partial charge in [0.25, 0.3) is 6.08 Å². The number of rotatable bonds is 2. The first-order chi connectivity index (χ1) is 6.63. The minimum Gasteiger partial charge on any atom is -0.307 e. The lowest BCUT2D eigenvalue weighted by Gasteiger charge is -2.25. The summed E-state index contributed by atoms with van der Waals surface area (Å²) in [6.07, 6.45) is 0.856. The van der Waals surface area contributed by atoms with Gasteiger partial charge in [0.1, 0.15) is 0 Å². The Bertz CT molecular complexity index is 191. The van der Waals surface area contributed by atoms with Crippen LogP contribution in [0.25, 0.3) is 0 Å². The van der Waals surface area contributed by atoms with Gasteiger partial charge in [-0.15, -0.1) is 0 Å². The van der Waals surface area contributed by atoms with E-state index in [0.29, 0.717) is 18.5 Å². The molecule has 0 spiro atoms. The molecule has 1 rings (SSSR count). The number of halogens is 2. The lowest BCUT2D eigenvalue weighted by molar-refractivity contribution is 0.350. The predicted octanol–water partition coefficient (Wildman–Crippen LogP) is 3.72. The molecule has 1 N–H and O–H groups in total. The van der Waals surface area contributed by atoms with Crippen LogP contribution >= 0.6 is 0 Å². The molecule has 0 aromatic carbocycles. The van der Waals surface area contributed by atoms with E-state index in [1.807, 2.05) is 27.7 Å². The van der Waals surface area contributed by atoms with Crippen LogP contribution in [0.15, 0.2) is 11.7 Å². The van der Waals surface area contributed by atoms with E-state index in [1.54, 1.807) is 0 Å². The zero-order chi connectivity index (χ0) is 11.2. The molecule has 14 heavy (non-hydrogen) atoms. The zero-order valence-electron chi connectivity index (χ0n) is 9.58. The predicted molar refractivity (Wildman–Crippen MR) is 56.5 cm³/mol. The summed E-state index contributed by atoms with van der Waals surface area (Å²) >= 11 is 0. The van der Waals surface area contributed by atoms with Gasteiger partial charge in [-0.25, -0.2) is 0 Å². The molecule has 3 heteroatoms. The second-order valence-electron chi connectivity index (χ2n) is 3.38. The Morgan fingerprint density at radius 1 is 1.29 bits per heavy atom. The smallest absolute Gasteiger partial charge is 0.270 e. The Hall–Kier alpha value is -0.440. The van der Waals surface area contributed by atoms with Crippen LogP contribution in [0.4, 0.5) is 8.78 Å². The Morgan fingerprint density at radius 2 is 1.79 bits per heavy atom. The molecule has 0 unspecified atom stereocenters. The standard InChI is InChI=1S/C9H15F2N.C2H6/c1-3-9(4-2)5-7(6-12-9)8(10)11;1-2/h12H,3-6H2,1-2H3;1-2H3. The van der Waals surface area contributed by atoms with E-state index in [9.17, 15) is 8.78 Å².